The highest BCUT2D eigenvalue weighted by atomic mass is 32.2. The first-order valence-corrected chi connectivity index (χ1v) is 19.0. The van der Waals surface area contributed by atoms with E-state index in [1.807, 2.05) is 36.1 Å². The third kappa shape index (κ3) is 7.92. The third-order valence-electron chi connectivity index (χ3n) is 10.1. The van der Waals surface area contributed by atoms with Crippen molar-refractivity contribution in [2.45, 2.75) is 64.0 Å². The maximum Gasteiger partial charge on any atom is 0.164 e. The zero-order valence-electron chi connectivity index (χ0n) is 29.6. The Morgan fingerprint density at radius 3 is 2.54 bits per heavy atom. The summed E-state index contributed by atoms with van der Waals surface area (Å²) in [6.07, 6.45) is 37.6. The number of nitrogens with zero attached hydrogens (tertiary/aromatic N) is 3. The summed E-state index contributed by atoms with van der Waals surface area (Å²) >= 11 is 2.02. The molecular weight excluding hydrogens is 627 g/mol. The molecule has 0 saturated carbocycles. The van der Waals surface area contributed by atoms with E-state index in [-0.39, 0.29) is 11.8 Å². The van der Waals surface area contributed by atoms with Crippen molar-refractivity contribution in [2.75, 3.05) is 0 Å². The van der Waals surface area contributed by atoms with Gasteiger partial charge in [0, 0.05) is 27.9 Å². The number of hydrogen-bond donors (Lipinski definition) is 0. The van der Waals surface area contributed by atoms with Crippen LogP contribution in [-0.2, 0) is 0 Å². The Kier molecular flexibility index (Phi) is 11.9. The predicted octanol–water partition coefficient (Wildman–Crippen LogP) is 12.3. The van der Waals surface area contributed by atoms with Crippen LogP contribution in [0.3, 0.4) is 0 Å². The second-order valence-corrected chi connectivity index (χ2v) is 14.7. The van der Waals surface area contributed by atoms with Crippen LogP contribution in [0.1, 0.15) is 70.4 Å². The van der Waals surface area contributed by atoms with E-state index in [0.29, 0.717) is 11.2 Å². The van der Waals surface area contributed by atoms with Crippen LogP contribution in [0, 0.1) is 17.8 Å². The van der Waals surface area contributed by atoms with Gasteiger partial charge in [0.05, 0.1) is 0 Å². The Bertz CT molecular complexity index is 1890. The van der Waals surface area contributed by atoms with Crippen LogP contribution in [0.25, 0.3) is 22.5 Å². The van der Waals surface area contributed by atoms with Gasteiger partial charge < -0.3 is 0 Å². The van der Waals surface area contributed by atoms with Crippen molar-refractivity contribution in [2.24, 2.45) is 17.8 Å². The summed E-state index contributed by atoms with van der Waals surface area (Å²) in [4.78, 5) is 16.8. The van der Waals surface area contributed by atoms with E-state index in [1.54, 1.807) is 6.08 Å². The van der Waals surface area contributed by atoms with E-state index < -0.39 is 0 Å². The molecule has 254 valence electrons. The Hall–Kier alpha value is -4.54. The summed E-state index contributed by atoms with van der Waals surface area (Å²) in [5.74, 6) is 3.13. The summed E-state index contributed by atoms with van der Waals surface area (Å²) in [6.45, 7) is 16.8. The van der Waals surface area contributed by atoms with Crippen LogP contribution < -0.4 is 0 Å². The molecule has 0 fully saturated rings. The summed E-state index contributed by atoms with van der Waals surface area (Å²) in [6, 6.07) is 10.3. The Morgan fingerprint density at radius 1 is 0.980 bits per heavy atom. The van der Waals surface area contributed by atoms with Gasteiger partial charge in [0.1, 0.15) is 0 Å². The number of fused-ring (bicyclic) bond motifs is 1. The SMILES string of the molecule is C=C/C=C\C=C\C(C=C)[C@@H](C=C)[C@@H]1C=CC=C(/C(=C/C2=C(C)SC3CCCC(c4nc(C5=CCCC=C5)nc(-c5ccccc5)n4)=C23)CC)C1. The smallest absolute Gasteiger partial charge is 0.164 e. The molecule has 0 N–H and O–H groups in total. The molecule has 0 spiro atoms. The zero-order valence-corrected chi connectivity index (χ0v) is 30.4. The molecule has 2 unspecified atom stereocenters. The molecule has 1 aliphatic heterocycles. The maximum absolute atomic E-state index is 5.21. The molecule has 0 amide bonds. The topological polar surface area (TPSA) is 38.7 Å². The van der Waals surface area contributed by atoms with Crippen molar-refractivity contribution in [3.8, 4) is 11.4 Å². The van der Waals surface area contributed by atoms with E-state index in [9.17, 15) is 0 Å². The minimum Gasteiger partial charge on any atom is -0.209 e. The molecule has 4 atom stereocenters. The predicted molar refractivity (Wildman–Crippen MR) is 216 cm³/mol. The van der Waals surface area contributed by atoms with Crippen LogP contribution in [0.5, 0.6) is 0 Å². The fourth-order valence-electron chi connectivity index (χ4n) is 7.52. The summed E-state index contributed by atoms with van der Waals surface area (Å²) < 4.78 is 0. The van der Waals surface area contributed by atoms with Gasteiger partial charge in [0.25, 0.3) is 0 Å². The van der Waals surface area contributed by atoms with Crippen molar-refractivity contribution >= 4 is 22.9 Å². The van der Waals surface area contributed by atoms with Crippen molar-refractivity contribution in [3.05, 3.63) is 174 Å². The lowest BCUT2D eigenvalue weighted by Crippen LogP contribution is -2.20. The Labute approximate surface area is 303 Å². The van der Waals surface area contributed by atoms with Crippen LogP contribution >= 0.6 is 11.8 Å². The van der Waals surface area contributed by atoms with E-state index in [1.165, 1.54) is 39.2 Å². The molecule has 1 aromatic heterocycles. The third-order valence-corrected chi connectivity index (χ3v) is 11.4. The van der Waals surface area contributed by atoms with Gasteiger partial charge in [-0.05, 0) is 90.9 Å². The molecule has 0 radical (unpaired) electrons. The number of benzene rings is 1. The van der Waals surface area contributed by atoms with Gasteiger partial charge in [-0.25, -0.2) is 15.0 Å². The highest BCUT2D eigenvalue weighted by Gasteiger charge is 2.35. The average molecular weight is 676 g/mol. The highest BCUT2D eigenvalue weighted by molar-refractivity contribution is 8.04. The van der Waals surface area contributed by atoms with Gasteiger partial charge in [0.15, 0.2) is 17.5 Å². The number of aromatic nitrogens is 3. The van der Waals surface area contributed by atoms with Crippen LogP contribution in [0.2, 0.25) is 0 Å². The van der Waals surface area contributed by atoms with Gasteiger partial charge in [-0.15, -0.1) is 24.9 Å². The van der Waals surface area contributed by atoms with Crippen LogP contribution in [0.4, 0.5) is 0 Å². The molecule has 6 rings (SSSR count). The number of thioether (sulfide) groups is 1. The highest BCUT2D eigenvalue weighted by Crippen LogP contribution is 2.51. The van der Waals surface area contributed by atoms with Crippen LogP contribution in [-0.4, -0.2) is 20.2 Å². The second kappa shape index (κ2) is 16.9. The first-order chi connectivity index (χ1) is 24.5. The van der Waals surface area contributed by atoms with E-state index in [2.05, 4.69) is 119 Å². The lowest BCUT2D eigenvalue weighted by molar-refractivity contribution is 0.415. The van der Waals surface area contributed by atoms with Gasteiger partial charge >= 0.3 is 0 Å². The molecule has 4 aliphatic rings. The Balaban J connectivity index is 1.37. The fraction of sp³-hybridized carbons (Fsp3) is 0.283. The number of rotatable bonds is 13. The summed E-state index contributed by atoms with van der Waals surface area (Å²) in [5.41, 5.74) is 8.97. The largest absolute Gasteiger partial charge is 0.209 e. The monoisotopic (exact) mass is 675 g/mol. The van der Waals surface area contributed by atoms with Crippen LogP contribution in [0.15, 0.2) is 162 Å². The molecule has 4 heteroatoms. The minimum absolute atomic E-state index is 0.197. The molecular formula is C46H49N3S. The molecule has 50 heavy (non-hydrogen) atoms. The van der Waals surface area contributed by atoms with Crippen molar-refractivity contribution in [1.82, 2.24) is 15.0 Å². The van der Waals surface area contributed by atoms with E-state index in [4.69, 9.17) is 15.0 Å². The molecule has 0 bridgehead atoms. The standard InChI is InChI=1S/C46H49N3S/c1-6-10-11-14-21-33(7-2)39(9-4)38-27-19-26-37(30-38)34(8-3)31-41-32(5)50-42-29-20-28-40(43(41)42)46-48-44(35-22-15-12-16-23-35)47-45(49-46)36-24-17-13-18-25-36/h6-7,9-12,14-17,19,21-27,31,33,38-39,42H,1-2,4,8,13,18,20,28-30H2,3,5H3/b11-10-,21-14+,34-31+/t33?,38-,39-,42?/m1/s1. The van der Waals surface area contributed by atoms with E-state index >= 15 is 0 Å². The quantitative estimate of drug-likeness (QED) is 0.156. The van der Waals surface area contributed by atoms with Gasteiger partial charge in [-0.1, -0.05) is 129 Å². The van der Waals surface area contributed by atoms with Gasteiger partial charge in [-0.2, -0.15) is 0 Å². The van der Waals surface area contributed by atoms with Crippen molar-refractivity contribution in [3.63, 3.8) is 0 Å². The normalized spacial score (nSPS) is 22.1. The summed E-state index contributed by atoms with van der Waals surface area (Å²) in [7, 11) is 0. The summed E-state index contributed by atoms with van der Waals surface area (Å²) in [5, 5.41) is 0.422. The number of hydrogen-bond acceptors (Lipinski definition) is 4. The lowest BCUT2D eigenvalue weighted by atomic mass is 9.75. The van der Waals surface area contributed by atoms with Crippen molar-refractivity contribution in [1.29, 1.82) is 0 Å². The zero-order chi connectivity index (χ0) is 34.9. The second-order valence-electron chi connectivity index (χ2n) is 13.3. The molecule has 3 nitrogen and oxygen atoms in total. The molecule has 2 heterocycles. The maximum atomic E-state index is 5.21. The average Bonchev–Trinajstić information content (AvgIpc) is 3.49. The molecule has 0 saturated heterocycles. The molecule has 2 aromatic rings. The van der Waals surface area contributed by atoms with Gasteiger partial charge in [0.2, 0.25) is 0 Å². The number of allylic oxidation sites excluding steroid dienone is 20. The lowest BCUT2D eigenvalue weighted by Gasteiger charge is -2.30. The fourth-order valence-corrected chi connectivity index (χ4v) is 8.92. The minimum atomic E-state index is 0.197. The Morgan fingerprint density at radius 2 is 1.80 bits per heavy atom. The first kappa shape index (κ1) is 35.3. The van der Waals surface area contributed by atoms with Gasteiger partial charge in [-0.3, -0.25) is 0 Å². The molecule has 1 aromatic carbocycles. The first-order valence-electron chi connectivity index (χ1n) is 18.1. The molecule has 3 aliphatic carbocycles. The van der Waals surface area contributed by atoms with E-state index in [0.717, 1.165) is 67.1 Å². The van der Waals surface area contributed by atoms with Crippen molar-refractivity contribution < 1.29 is 0 Å².